The fraction of sp³-hybridized carbons (Fsp3) is 0.0588. The minimum absolute atomic E-state index is 0.254. The lowest BCUT2D eigenvalue weighted by Gasteiger charge is -2.04. The van der Waals surface area contributed by atoms with E-state index < -0.39 is 0 Å². The first-order chi connectivity index (χ1) is 11.2. The van der Waals surface area contributed by atoms with E-state index in [1.54, 1.807) is 6.08 Å². The van der Waals surface area contributed by atoms with Gasteiger partial charge < -0.3 is 9.47 Å². The number of nitrogens with one attached hydrogen (secondary N) is 1. The first-order valence-electron chi connectivity index (χ1n) is 6.94. The lowest BCUT2D eigenvalue weighted by Crippen LogP contribution is -2.17. The van der Waals surface area contributed by atoms with E-state index in [9.17, 15) is 9.59 Å². The number of imide groups is 1. The molecule has 1 fully saturated rings. The average Bonchev–Trinajstić information content (AvgIpc) is 3.13. The van der Waals surface area contributed by atoms with Crippen molar-refractivity contribution < 1.29 is 19.1 Å². The summed E-state index contributed by atoms with van der Waals surface area (Å²) in [6.07, 6.45) is 1.70. The van der Waals surface area contributed by atoms with Crippen LogP contribution in [0.25, 0.3) is 17.2 Å². The molecule has 2 aromatic carbocycles. The van der Waals surface area contributed by atoms with Crippen molar-refractivity contribution in [2.75, 3.05) is 6.79 Å². The number of hydrogen-bond acceptors (Lipinski definition) is 5. The number of ether oxygens (including phenoxy) is 2. The van der Waals surface area contributed by atoms with Crippen LogP contribution in [0.3, 0.4) is 0 Å². The molecule has 5 nitrogen and oxygen atoms in total. The van der Waals surface area contributed by atoms with Crippen LogP contribution in [-0.4, -0.2) is 17.9 Å². The number of hydrogen-bond donors (Lipinski definition) is 1. The van der Waals surface area contributed by atoms with Gasteiger partial charge in [-0.15, -0.1) is 0 Å². The summed E-state index contributed by atoms with van der Waals surface area (Å²) >= 11 is 0.914. The molecule has 2 aromatic rings. The summed E-state index contributed by atoms with van der Waals surface area (Å²) in [5.74, 6) is 1.15. The van der Waals surface area contributed by atoms with Gasteiger partial charge in [0.05, 0.1) is 4.91 Å². The Balaban J connectivity index is 1.60. The summed E-state index contributed by atoms with van der Waals surface area (Å²) in [5.41, 5.74) is 2.92. The summed E-state index contributed by atoms with van der Waals surface area (Å²) in [6.45, 7) is 0.254. The molecule has 2 heterocycles. The number of amides is 2. The van der Waals surface area contributed by atoms with Gasteiger partial charge in [-0.1, -0.05) is 30.3 Å². The van der Waals surface area contributed by atoms with Crippen LogP contribution < -0.4 is 14.8 Å². The topological polar surface area (TPSA) is 64.6 Å². The van der Waals surface area contributed by atoms with Crippen LogP contribution in [0.5, 0.6) is 11.5 Å². The van der Waals surface area contributed by atoms with Crippen LogP contribution in [0, 0.1) is 0 Å². The summed E-state index contributed by atoms with van der Waals surface area (Å²) in [6, 6.07) is 13.5. The van der Waals surface area contributed by atoms with Gasteiger partial charge in [-0.25, -0.2) is 0 Å². The van der Waals surface area contributed by atoms with Crippen molar-refractivity contribution in [3.63, 3.8) is 0 Å². The fourth-order valence-corrected chi connectivity index (χ4v) is 3.10. The lowest BCUT2D eigenvalue weighted by molar-refractivity contribution is -0.115. The molecule has 0 aliphatic carbocycles. The molecule has 0 unspecified atom stereocenters. The summed E-state index contributed by atoms with van der Waals surface area (Å²) in [7, 11) is 0. The molecular formula is C17H11NO4S. The molecule has 2 aliphatic rings. The van der Waals surface area contributed by atoms with Crippen LogP contribution in [-0.2, 0) is 4.79 Å². The van der Waals surface area contributed by atoms with Crippen LogP contribution in [0.4, 0.5) is 4.79 Å². The molecule has 2 amide bonds. The van der Waals surface area contributed by atoms with Crippen molar-refractivity contribution in [3.8, 4) is 22.6 Å². The second kappa shape index (κ2) is 5.48. The fourth-order valence-electron chi connectivity index (χ4n) is 2.42. The van der Waals surface area contributed by atoms with Crippen molar-refractivity contribution in [3.05, 3.63) is 52.9 Å². The quantitative estimate of drug-likeness (QED) is 0.857. The standard InChI is InChI=1S/C17H11NO4S/c19-16-15(23-17(20)18-16)7-10-1-3-11(4-2-10)12-5-6-13-14(8-12)22-9-21-13/h1-8H,9H2,(H,18,19,20). The lowest BCUT2D eigenvalue weighted by atomic mass is 10.0. The second-order valence-electron chi connectivity index (χ2n) is 5.04. The number of rotatable bonds is 2. The van der Waals surface area contributed by atoms with Crippen LogP contribution in [0.2, 0.25) is 0 Å². The molecule has 0 bridgehead atoms. The average molecular weight is 325 g/mol. The predicted octanol–water partition coefficient (Wildman–Crippen LogP) is 3.41. The summed E-state index contributed by atoms with van der Waals surface area (Å²) in [4.78, 5) is 23.1. The maximum absolute atomic E-state index is 11.5. The Hall–Kier alpha value is -2.73. The third-order valence-corrected chi connectivity index (χ3v) is 4.37. The molecule has 0 radical (unpaired) electrons. The highest BCUT2D eigenvalue weighted by Gasteiger charge is 2.24. The molecular weight excluding hydrogens is 314 g/mol. The zero-order chi connectivity index (χ0) is 15.8. The van der Waals surface area contributed by atoms with E-state index >= 15 is 0 Å². The Kier molecular flexibility index (Phi) is 3.31. The molecule has 0 spiro atoms. The van der Waals surface area contributed by atoms with Crippen molar-refractivity contribution in [1.29, 1.82) is 0 Å². The number of benzene rings is 2. The monoisotopic (exact) mass is 325 g/mol. The van der Waals surface area contributed by atoms with Gasteiger partial charge in [0.2, 0.25) is 6.79 Å². The molecule has 0 aromatic heterocycles. The van der Waals surface area contributed by atoms with Gasteiger partial charge in [0.1, 0.15) is 0 Å². The normalized spacial score (nSPS) is 17.7. The minimum Gasteiger partial charge on any atom is -0.454 e. The van der Waals surface area contributed by atoms with Crippen molar-refractivity contribution >= 4 is 29.0 Å². The third-order valence-electron chi connectivity index (χ3n) is 3.56. The van der Waals surface area contributed by atoms with Crippen molar-refractivity contribution in [1.82, 2.24) is 5.32 Å². The molecule has 1 saturated heterocycles. The molecule has 6 heteroatoms. The molecule has 114 valence electrons. The third kappa shape index (κ3) is 2.68. The minimum atomic E-state index is -0.347. The largest absolute Gasteiger partial charge is 0.454 e. The molecule has 2 aliphatic heterocycles. The Morgan fingerprint density at radius 3 is 2.43 bits per heavy atom. The predicted molar refractivity (Wildman–Crippen MR) is 87.1 cm³/mol. The van der Waals surface area contributed by atoms with Gasteiger partial charge in [-0.2, -0.15) is 0 Å². The van der Waals surface area contributed by atoms with Gasteiger partial charge in [0.15, 0.2) is 11.5 Å². The van der Waals surface area contributed by atoms with Crippen molar-refractivity contribution in [2.24, 2.45) is 0 Å². The van der Waals surface area contributed by atoms with Crippen LogP contribution in [0.1, 0.15) is 5.56 Å². The maximum atomic E-state index is 11.5. The van der Waals surface area contributed by atoms with E-state index in [0.29, 0.717) is 4.91 Å². The number of carbonyl (C=O) groups is 2. The van der Waals surface area contributed by atoms with Gasteiger partial charge in [0.25, 0.3) is 11.1 Å². The molecule has 0 saturated carbocycles. The second-order valence-corrected chi connectivity index (χ2v) is 6.06. The SMILES string of the molecule is O=C1NC(=O)C(=Cc2ccc(-c3ccc4c(c3)OCO4)cc2)S1. The first-order valence-corrected chi connectivity index (χ1v) is 7.76. The number of thioether (sulfide) groups is 1. The molecule has 4 rings (SSSR count). The highest BCUT2D eigenvalue weighted by molar-refractivity contribution is 8.18. The highest BCUT2D eigenvalue weighted by Crippen LogP contribution is 2.36. The highest BCUT2D eigenvalue weighted by atomic mass is 32.2. The number of carbonyl (C=O) groups excluding carboxylic acids is 2. The van der Waals surface area contributed by atoms with E-state index in [4.69, 9.17) is 9.47 Å². The van der Waals surface area contributed by atoms with Gasteiger partial charge >= 0.3 is 0 Å². The van der Waals surface area contributed by atoms with Crippen LogP contribution >= 0.6 is 11.8 Å². The first kappa shape index (κ1) is 13.9. The van der Waals surface area contributed by atoms with E-state index in [1.165, 1.54) is 0 Å². The Bertz CT molecular complexity index is 842. The Labute approximate surface area is 136 Å². The van der Waals surface area contributed by atoms with Gasteiger partial charge in [-0.05, 0) is 46.7 Å². The Morgan fingerprint density at radius 1 is 0.957 bits per heavy atom. The molecule has 0 atom stereocenters. The summed E-state index contributed by atoms with van der Waals surface area (Å²) in [5, 5.41) is 1.90. The van der Waals surface area contributed by atoms with Crippen LogP contribution in [0.15, 0.2) is 47.4 Å². The molecule has 23 heavy (non-hydrogen) atoms. The zero-order valence-corrected chi connectivity index (χ0v) is 12.7. The molecule has 1 N–H and O–H groups in total. The Morgan fingerprint density at radius 2 is 1.70 bits per heavy atom. The number of fused-ring (bicyclic) bond motifs is 1. The zero-order valence-electron chi connectivity index (χ0n) is 11.9. The van der Waals surface area contributed by atoms with E-state index in [-0.39, 0.29) is 17.9 Å². The van der Waals surface area contributed by atoms with E-state index in [2.05, 4.69) is 5.32 Å². The van der Waals surface area contributed by atoms with Crippen molar-refractivity contribution in [2.45, 2.75) is 0 Å². The maximum Gasteiger partial charge on any atom is 0.290 e. The smallest absolute Gasteiger partial charge is 0.290 e. The van der Waals surface area contributed by atoms with E-state index in [0.717, 1.165) is 40.0 Å². The van der Waals surface area contributed by atoms with Gasteiger partial charge in [0, 0.05) is 0 Å². The van der Waals surface area contributed by atoms with Gasteiger partial charge in [-0.3, -0.25) is 14.9 Å². The van der Waals surface area contributed by atoms with E-state index in [1.807, 2.05) is 42.5 Å². The summed E-state index contributed by atoms with van der Waals surface area (Å²) < 4.78 is 10.7.